The standard InChI is InChI=1S/C30H60Br2O3/c1-25(2,3)17-29(21-31,18-26(4,5)6)23-34-15-13-33-14-16-35-24-30(22-32,19-27(7,8)9)20-28(10,11)12/h13-24H2,1-12H3. The summed E-state index contributed by atoms with van der Waals surface area (Å²) in [5.74, 6) is 0. The fourth-order valence-electron chi connectivity index (χ4n) is 6.01. The summed E-state index contributed by atoms with van der Waals surface area (Å²) in [5, 5.41) is 1.92. The van der Waals surface area contributed by atoms with Gasteiger partial charge in [-0.1, -0.05) is 115 Å². The first-order valence-electron chi connectivity index (χ1n) is 13.5. The molecule has 0 N–H and O–H groups in total. The third-order valence-electron chi connectivity index (χ3n) is 5.75. The summed E-state index contributed by atoms with van der Waals surface area (Å²) in [6.45, 7) is 31.9. The van der Waals surface area contributed by atoms with Crippen molar-refractivity contribution in [3.8, 4) is 0 Å². The molecule has 0 spiro atoms. The highest BCUT2D eigenvalue weighted by molar-refractivity contribution is 9.09. The Kier molecular flexibility index (Phi) is 15.2. The second-order valence-electron chi connectivity index (χ2n) is 15.9. The Morgan fingerprint density at radius 3 is 0.829 bits per heavy atom. The molecule has 0 saturated carbocycles. The first-order valence-corrected chi connectivity index (χ1v) is 15.8. The number of ether oxygens (including phenoxy) is 3. The topological polar surface area (TPSA) is 27.7 Å². The Hall–Kier alpha value is 0.840. The number of rotatable bonds is 16. The Morgan fingerprint density at radius 2 is 0.629 bits per heavy atom. The van der Waals surface area contributed by atoms with Crippen molar-refractivity contribution in [1.82, 2.24) is 0 Å². The molecule has 0 aromatic rings. The lowest BCUT2D eigenvalue weighted by atomic mass is 9.68. The molecule has 35 heavy (non-hydrogen) atoms. The minimum Gasteiger partial charge on any atom is -0.378 e. The maximum absolute atomic E-state index is 6.17. The van der Waals surface area contributed by atoms with Gasteiger partial charge in [0.1, 0.15) is 0 Å². The van der Waals surface area contributed by atoms with Gasteiger partial charge in [0.05, 0.1) is 39.6 Å². The maximum Gasteiger partial charge on any atom is 0.0701 e. The van der Waals surface area contributed by atoms with E-state index in [-0.39, 0.29) is 32.5 Å². The molecule has 0 heterocycles. The quantitative estimate of drug-likeness (QED) is 0.126. The van der Waals surface area contributed by atoms with Gasteiger partial charge in [-0.25, -0.2) is 0 Å². The Morgan fingerprint density at radius 1 is 0.400 bits per heavy atom. The molecule has 0 fully saturated rings. The van der Waals surface area contributed by atoms with Crippen molar-refractivity contribution in [3.05, 3.63) is 0 Å². The van der Waals surface area contributed by atoms with E-state index in [1.54, 1.807) is 0 Å². The fourth-order valence-corrected chi connectivity index (χ4v) is 7.13. The maximum atomic E-state index is 6.17. The van der Waals surface area contributed by atoms with E-state index in [0.717, 1.165) is 49.6 Å². The van der Waals surface area contributed by atoms with Gasteiger partial charge in [-0.15, -0.1) is 0 Å². The lowest BCUT2D eigenvalue weighted by molar-refractivity contribution is -0.0376. The molecule has 5 heteroatoms. The molecule has 0 amide bonds. The monoisotopic (exact) mass is 626 g/mol. The van der Waals surface area contributed by atoms with E-state index in [1.165, 1.54) is 0 Å². The van der Waals surface area contributed by atoms with Crippen LogP contribution in [-0.4, -0.2) is 50.3 Å². The summed E-state index contributed by atoms with van der Waals surface area (Å²) < 4.78 is 18.2. The summed E-state index contributed by atoms with van der Waals surface area (Å²) in [6.07, 6.45) is 4.54. The molecule has 0 unspecified atom stereocenters. The Bertz CT molecular complexity index is 480. The highest BCUT2D eigenvalue weighted by Crippen LogP contribution is 2.45. The SMILES string of the molecule is CC(C)(C)CC(CBr)(COCCOCCOCC(CBr)(CC(C)(C)C)CC(C)(C)C)CC(C)(C)C. The zero-order chi connectivity index (χ0) is 27.6. The van der Waals surface area contributed by atoms with Crippen LogP contribution >= 0.6 is 31.9 Å². The average molecular weight is 629 g/mol. The van der Waals surface area contributed by atoms with Gasteiger partial charge in [-0.2, -0.15) is 0 Å². The lowest BCUT2D eigenvalue weighted by Crippen LogP contribution is -2.37. The van der Waals surface area contributed by atoms with Crippen molar-refractivity contribution in [2.45, 2.75) is 109 Å². The molecule has 3 nitrogen and oxygen atoms in total. The van der Waals surface area contributed by atoms with Crippen LogP contribution < -0.4 is 0 Å². The highest BCUT2D eigenvalue weighted by Gasteiger charge is 2.38. The van der Waals surface area contributed by atoms with E-state index in [1.807, 2.05) is 0 Å². The number of alkyl halides is 2. The van der Waals surface area contributed by atoms with Crippen LogP contribution in [0.3, 0.4) is 0 Å². The van der Waals surface area contributed by atoms with E-state index < -0.39 is 0 Å². The van der Waals surface area contributed by atoms with Crippen molar-refractivity contribution in [2.24, 2.45) is 32.5 Å². The largest absolute Gasteiger partial charge is 0.378 e. The van der Waals surface area contributed by atoms with Crippen LogP contribution in [0.4, 0.5) is 0 Å². The minimum atomic E-state index is 0.138. The van der Waals surface area contributed by atoms with Gasteiger partial charge in [-0.05, 0) is 47.3 Å². The molecule has 0 aromatic heterocycles. The molecular formula is C30H60Br2O3. The Labute approximate surface area is 236 Å². The van der Waals surface area contributed by atoms with Crippen molar-refractivity contribution >= 4 is 31.9 Å². The summed E-state index contributed by atoms with van der Waals surface area (Å²) in [6, 6.07) is 0. The molecule has 0 bridgehead atoms. The van der Waals surface area contributed by atoms with Crippen LogP contribution in [0.1, 0.15) is 109 Å². The third kappa shape index (κ3) is 18.7. The van der Waals surface area contributed by atoms with Gasteiger partial charge in [-0.3, -0.25) is 0 Å². The second kappa shape index (κ2) is 14.8. The summed E-state index contributed by atoms with van der Waals surface area (Å²) in [7, 11) is 0. The molecule has 0 aromatic carbocycles. The molecule has 0 atom stereocenters. The van der Waals surface area contributed by atoms with E-state index in [4.69, 9.17) is 14.2 Å². The van der Waals surface area contributed by atoms with Gasteiger partial charge in [0, 0.05) is 21.5 Å². The van der Waals surface area contributed by atoms with Crippen LogP contribution in [-0.2, 0) is 14.2 Å². The summed E-state index contributed by atoms with van der Waals surface area (Å²) >= 11 is 7.63. The predicted molar refractivity (Wildman–Crippen MR) is 161 cm³/mol. The van der Waals surface area contributed by atoms with Crippen LogP contribution in [0.5, 0.6) is 0 Å². The lowest BCUT2D eigenvalue weighted by Gasteiger charge is -2.41. The number of hydrogen-bond donors (Lipinski definition) is 0. The zero-order valence-electron chi connectivity index (χ0n) is 25.5. The predicted octanol–water partition coefficient (Wildman–Crippen LogP) is 9.54. The second-order valence-corrected chi connectivity index (χ2v) is 17.1. The van der Waals surface area contributed by atoms with E-state index in [0.29, 0.717) is 26.4 Å². The van der Waals surface area contributed by atoms with E-state index in [2.05, 4.69) is 115 Å². The molecular weight excluding hydrogens is 568 g/mol. The molecule has 0 saturated heterocycles. The molecule has 212 valence electrons. The van der Waals surface area contributed by atoms with Crippen LogP contribution in [0, 0.1) is 32.5 Å². The first-order chi connectivity index (χ1) is 15.7. The van der Waals surface area contributed by atoms with Crippen molar-refractivity contribution in [3.63, 3.8) is 0 Å². The number of halogens is 2. The van der Waals surface area contributed by atoms with Crippen molar-refractivity contribution in [2.75, 3.05) is 50.3 Å². The van der Waals surface area contributed by atoms with Crippen LogP contribution in [0.2, 0.25) is 0 Å². The first kappa shape index (κ1) is 35.8. The summed E-state index contributed by atoms with van der Waals surface area (Å²) in [4.78, 5) is 0. The third-order valence-corrected chi connectivity index (χ3v) is 8.13. The van der Waals surface area contributed by atoms with Crippen LogP contribution in [0.15, 0.2) is 0 Å². The van der Waals surface area contributed by atoms with Gasteiger partial charge in [0.2, 0.25) is 0 Å². The summed E-state index contributed by atoms with van der Waals surface area (Å²) in [5.41, 5.74) is 1.33. The molecule has 0 aliphatic carbocycles. The smallest absolute Gasteiger partial charge is 0.0701 e. The zero-order valence-corrected chi connectivity index (χ0v) is 28.6. The molecule has 0 aliphatic heterocycles. The van der Waals surface area contributed by atoms with E-state index >= 15 is 0 Å². The van der Waals surface area contributed by atoms with Gasteiger partial charge < -0.3 is 14.2 Å². The molecule has 0 rings (SSSR count). The van der Waals surface area contributed by atoms with Crippen molar-refractivity contribution in [1.29, 1.82) is 0 Å². The Balaban J connectivity index is 4.57. The number of hydrogen-bond acceptors (Lipinski definition) is 3. The van der Waals surface area contributed by atoms with Gasteiger partial charge >= 0.3 is 0 Å². The fraction of sp³-hybridized carbons (Fsp3) is 1.00. The molecule has 0 aliphatic rings. The van der Waals surface area contributed by atoms with Crippen LogP contribution in [0.25, 0.3) is 0 Å². The minimum absolute atomic E-state index is 0.138. The van der Waals surface area contributed by atoms with Gasteiger partial charge in [0.25, 0.3) is 0 Å². The normalized spacial score (nSPS) is 14.6. The van der Waals surface area contributed by atoms with Gasteiger partial charge in [0.15, 0.2) is 0 Å². The average Bonchev–Trinajstić information content (AvgIpc) is 2.61. The van der Waals surface area contributed by atoms with E-state index in [9.17, 15) is 0 Å². The van der Waals surface area contributed by atoms with Crippen molar-refractivity contribution < 1.29 is 14.2 Å². The highest BCUT2D eigenvalue weighted by atomic mass is 79.9. The molecule has 0 radical (unpaired) electrons.